The van der Waals surface area contributed by atoms with Crippen molar-refractivity contribution in [3.63, 3.8) is 0 Å². The van der Waals surface area contributed by atoms with Gasteiger partial charge >= 0.3 is 0 Å². The van der Waals surface area contributed by atoms with E-state index in [1.54, 1.807) is 35.8 Å². The smallest absolute Gasteiger partial charge is 0.216 e. The van der Waals surface area contributed by atoms with Gasteiger partial charge in [-0.2, -0.15) is 0 Å². The second kappa shape index (κ2) is 6.40. The largest absolute Gasteiger partial charge is 0.389 e. The number of rotatable bonds is 6. The van der Waals surface area contributed by atoms with Crippen molar-refractivity contribution in [2.24, 2.45) is 5.73 Å². The Balaban J connectivity index is 1.98. The van der Waals surface area contributed by atoms with Crippen LogP contribution in [-0.4, -0.2) is 18.4 Å². The topological polar surface area (TPSA) is 85.1 Å². The highest BCUT2D eigenvalue weighted by molar-refractivity contribution is 7.88. The third kappa shape index (κ3) is 4.34. The molecule has 1 heterocycles. The van der Waals surface area contributed by atoms with Crippen LogP contribution in [0.3, 0.4) is 0 Å². The molecule has 0 unspecified atom stereocenters. The number of nitrogens with two attached hydrogens (primary N) is 1. The second-order valence-corrected chi connectivity index (χ2v) is 7.29. The van der Waals surface area contributed by atoms with E-state index in [1.807, 2.05) is 0 Å². The van der Waals surface area contributed by atoms with Crippen molar-refractivity contribution in [2.75, 3.05) is 0 Å². The maximum atomic E-state index is 11.9. The number of aromatic nitrogens is 1. The van der Waals surface area contributed by atoms with Gasteiger partial charge in [-0.05, 0) is 5.56 Å². The predicted molar refractivity (Wildman–Crippen MR) is 83.9 cm³/mol. The van der Waals surface area contributed by atoms with Gasteiger partial charge in [-0.3, -0.25) is 0 Å². The standard InChI is InChI=1S/C12H13N3O2S3/c13-12(18)10-3-1-9(2-4-10)8-20(16,17)15-7-11-14-5-6-19-11/h1-6,15H,7-8H2,(H2,13,18). The molecule has 0 saturated carbocycles. The molecule has 0 amide bonds. The minimum Gasteiger partial charge on any atom is -0.389 e. The summed E-state index contributed by atoms with van der Waals surface area (Å²) in [6, 6.07) is 6.84. The van der Waals surface area contributed by atoms with Gasteiger partial charge in [0.15, 0.2) is 0 Å². The average molecular weight is 327 g/mol. The van der Waals surface area contributed by atoms with Crippen LogP contribution in [0.4, 0.5) is 0 Å². The first-order chi connectivity index (χ1) is 9.46. The Bertz CT molecular complexity index is 679. The lowest BCUT2D eigenvalue weighted by Crippen LogP contribution is -2.24. The van der Waals surface area contributed by atoms with Crippen LogP contribution in [0.15, 0.2) is 35.8 Å². The molecule has 1 aromatic carbocycles. The number of nitrogens with zero attached hydrogens (tertiary/aromatic N) is 1. The predicted octanol–water partition coefficient (Wildman–Crippen LogP) is 1.40. The minimum atomic E-state index is -3.39. The van der Waals surface area contributed by atoms with Crippen LogP contribution in [0.2, 0.25) is 0 Å². The first-order valence-corrected chi connectivity index (χ1v) is 8.65. The quantitative estimate of drug-likeness (QED) is 0.783. The molecular formula is C12H13N3O2S3. The van der Waals surface area contributed by atoms with E-state index in [1.165, 1.54) is 11.3 Å². The molecule has 0 fully saturated rings. The molecule has 0 aliphatic heterocycles. The normalized spacial score (nSPS) is 11.4. The zero-order chi connectivity index (χ0) is 14.6. The highest BCUT2D eigenvalue weighted by atomic mass is 32.2. The molecule has 0 atom stereocenters. The summed E-state index contributed by atoms with van der Waals surface area (Å²) in [6.45, 7) is 0.213. The maximum absolute atomic E-state index is 11.9. The Hall–Kier alpha value is -1.35. The van der Waals surface area contributed by atoms with E-state index in [9.17, 15) is 8.42 Å². The van der Waals surface area contributed by atoms with Crippen LogP contribution >= 0.6 is 23.6 Å². The first kappa shape index (κ1) is 15.0. The second-order valence-electron chi connectivity index (χ2n) is 4.07. The molecule has 0 radical (unpaired) electrons. The fraction of sp³-hybridized carbons (Fsp3) is 0.167. The lowest BCUT2D eigenvalue weighted by molar-refractivity contribution is 0.580. The van der Waals surface area contributed by atoms with E-state index in [2.05, 4.69) is 9.71 Å². The molecule has 106 valence electrons. The van der Waals surface area contributed by atoms with Crippen molar-refractivity contribution in [3.8, 4) is 0 Å². The molecule has 0 bridgehead atoms. The lowest BCUT2D eigenvalue weighted by Gasteiger charge is -2.06. The van der Waals surface area contributed by atoms with Crippen LogP contribution in [0.1, 0.15) is 16.1 Å². The first-order valence-electron chi connectivity index (χ1n) is 5.71. The van der Waals surface area contributed by atoms with Gasteiger partial charge in [-0.1, -0.05) is 36.5 Å². The molecule has 8 heteroatoms. The molecule has 3 N–H and O–H groups in total. The Morgan fingerprint density at radius 3 is 2.60 bits per heavy atom. The van der Waals surface area contributed by atoms with E-state index >= 15 is 0 Å². The Labute approximate surface area is 126 Å². The van der Waals surface area contributed by atoms with Crippen molar-refractivity contribution in [2.45, 2.75) is 12.3 Å². The number of hydrogen-bond donors (Lipinski definition) is 2. The summed E-state index contributed by atoms with van der Waals surface area (Å²) in [6.07, 6.45) is 1.64. The van der Waals surface area contributed by atoms with Gasteiger partial charge in [0.2, 0.25) is 10.0 Å². The van der Waals surface area contributed by atoms with E-state index in [0.29, 0.717) is 10.6 Å². The molecule has 0 aliphatic carbocycles. The number of thiocarbonyl (C=S) groups is 1. The Morgan fingerprint density at radius 1 is 1.35 bits per heavy atom. The number of benzene rings is 1. The fourth-order valence-corrected chi connectivity index (χ4v) is 3.42. The highest BCUT2D eigenvalue weighted by Crippen LogP contribution is 2.09. The summed E-state index contributed by atoms with van der Waals surface area (Å²) >= 11 is 6.25. The van der Waals surface area contributed by atoms with Crippen molar-refractivity contribution < 1.29 is 8.42 Å². The number of thiazole rings is 1. The lowest BCUT2D eigenvalue weighted by atomic mass is 10.1. The minimum absolute atomic E-state index is 0.0873. The SMILES string of the molecule is NC(=S)c1ccc(CS(=O)(=O)NCc2nccs2)cc1. The Morgan fingerprint density at radius 2 is 2.05 bits per heavy atom. The van der Waals surface area contributed by atoms with Crippen LogP contribution in [-0.2, 0) is 22.3 Å². The van der Waals surface area contributed by atoms with Gasteiger partial charge in [0.05, 0.1) is 12.3 Å². The monoisotopic (exact) mass is 327 g/mol. The Kier molecular flexibility index (Phi) is 4.81. The summed E-state index contributed by atoms with van der Waals surface area (Å²) in [5.41, 5.74) is 6.88. The summed E-state index contributed by atoms with van der Waals surface area (Å²) in [5.74, 6) is -0.0873. The van der Waals surface area contributed by atoms with Gasteiger partial charge in [-0.25, -0.2) is 18.1 Å². The van der Waals surface area contributed by atoms with E-state index in [-0.39, 0.29) is 12.3 Å². The molecule has 2 rings (SSSR count). The zero-order valence-corrected chi connectivity index (χ0v) is 12.9. The van der Waals surface area contributed by atoms with Crippen LogP contribution in [0.25, 0.3) is 0 Å². The van der Waals surface area contributed by atoms with Crippen LogP contribution < -0.4 is 10.5 Å². The number of hydrogen-bond acceptors (Lipinski definition) is 5. The molecule has 1 aromatic heterocycles. The van der Waals surface area contributed by atoms with Crippen molar-refractivity contribution in [1.82, 2.24) is 9.71 Å². The van der Waals surface area contributed by atoms with Gasteiger partial charge in [-0.15, -0.1) is 11.3 Å². The van der Waals surface area contributed by atoms with Gasteiger partial charge in [0.25, 0.3) is 0 Å². The molecule has 0 saturated heterocycles. The maximum Gasteiger partial charge on any atom is 0.216 e. The average Bonchev–Trinajstić information content (AvgIpc) is 2.90. The van der Waals surface area contributed by atoms with Crippen molar-refractivity contribution >= 4 is 38.6 Å². The number of nitrogens with one attached hydrogen (secondary N) is 1. The summed E-state index contributed by atoms with van der Waals surface area (Å²) < 4.78 is 26.4. The number of sulfonamides is 1. The molecule has 0 aliphatic rings. The third-order valence-corrected chi connectivity index (χ3v) is 4.83. The van der Waals surface area contributed by atoms with Gasteiger partial charge < -0.3 is 5.73 Å². The molecule has 2 aromatic rings. The van der Waals surface area contributed by atoms with Gasteiger partial charge in [0.1, 0.15) is 10.00 Å². The van der Waals surface area contributed by atoms with E-state index < -0.39 is 10.0 Å². The molecular weight excluding hydrogens is 314 g/mol. The van der Waals surface area contributed by atoms with E-state index in [4.69, 9.17) is 18.0 Å². The third-order valence-electron chi connectivity index (χ3n) is 2.52. The summed E-state index contributed by atoms with van der Waals surface area (Å²) in [4.78, 5) is 4.31. The summed E-state index contributed by atoms with van der Waals surface area (Å²) in [5, 5.41) is 2.54. The summed E-state index contributed by atoms with van der Waals surface area (Å²) in [7, 11) is -3.39. The van der Waals surface area contributed by atoms with Gasteiger partial charge in [0, 0.05) is 17.1 Å². The zero-order valence-electron chi connectivity index (χ0n) is 10.4. The molecule has 0 spiro atoms. The molecule has 20 heavy (non-hydrogen) atoms. The molecule has 5 nitrogen and oxygen atoms in total. The van der Waals surface area contributed by atoms with Crippen molar-refractivity contribution in [1.29, 1.82) is 0 Å². The van der Waals surface area contributed by atoms with Crippen LogP contribution in [0, 0.1) is 0 Å². The van der Waals surface area contributed by atoms with E-state index in [0.717, 1.165) is 10.6 Å². The van der Waals surface area contributed by atoms with Crippen LogP contribution in [0.5, 0.6) is 0 Å². The fourth-order valence-electron chi connectivity index (χ4n) is 1.55. The van der Waals surface area contributed by atoms with Crippen molar-refractivity contribution in [3.05, 3.63) is 52.0 Å². The highest BCUT2D eigenvalue weighted by Gasteiger charge is 2.12.